The second kappa shape index (κ2) is 6.67. The van der Waals surface area contributed by atoms with E-state index in [1.165, 1.54) is 7.05 Å². The number of aryl methyl sites for hydroxylation is 1. The lowest BCUT2D eigenvalue weighted by Gasteiger charge is -2.13. The molecular weight excluding hydrogens is 334 g/mol. The number of rotatable bonds is 5. The molecule has 0 bridgehead atoms. The molecule has 1 N–H and O–H groups in total. The van der Waals surface area contributed by atoms with Crippen molar-refractivity contribution in [3.63, 3.8) is 0 Å². The molecule has 0 saturated heterocycles. The number of carbonyl (C=O) groups is 1. The Labute approximate surface area is 140 Å². The summed E-state index contributed by atoms with van der Waals surface area (Å²) in [6, 6.07) is 9.46. The topological polar surface area (TPSA) is 79.4 Å². The van der Waals surface area contributed by atoms with Crippen molar-refractivity contribution >= 4 is 32.4 Å². The summed E-state index contributed by atoms with van der Waals surface area (Å²) in [5.74, 6) is -0.260. The highest BCUT2D eigenvalue weighted by Crippen LogP contribution is 2.27. The minimum Gasteiger partial charge on any atom is -0.345 e. The van der Waals surface area contributed by atoms with Crippen LogP contribution in [-0.4, -0.2) is 32.6 Å². The van der Waals surface area contributed by atoms with E-state index in [4.69, 9.17) is 0 Å². The maximum absolute atomic E-state index is 12.4. The molecule has 1 atom stereocenters. The lowest BCUT2D eigenvalue weighted by molar-refractivity contribution is 0.0943. The largest absolute Gasteiger partial charge is 0.345 e. The van der Waals surface area contributed by atoms with Gasteiger partial charge in [0.1, 0.15) is 4.88 Å². The Morgan fingerprint density at radius 1 is 1.30 bits per heavy atom. The molecular formula is C15H19N3O3S2. The fourth-order valence-electron chi connectivity index (χ4n) is 1.96. The number of hydrogen-bond donors (Lipinski definition) is 1. The molecule has 6 nitrogen and oxygen atoms in total. The van der Waals surface area contributed by atoms with Crippen LogP contribution in [0, 0.1) is 6.92 Å². The van der Waals surface area contributed by atoms with Crippen LogP contribution in [0.4, 0.5) is 5.13 Å². The molecule has 1 heterocycles. The average molecular weight is 353 g/mol. The van der Waals surface area contributed by atoms with Crippen LogP contribution in [0.15, 0.2) is 30.3 Å². The number of benzene rings is 1. The van der Waals surface area contributed by atoms with E-state index in [-0.39, 0.29) is 17.1 Å². The number of aromatic nitrogens is 1. The number of carbonyl (C=O) groups excluding carboxylic acids is 1. The fourth-order valence-corrected chi connectivity index (χ4v) is 3.64. The number of amides is 1. The predicted octanol–water partition coefficient (Wildman–Crippen LogP) is 2.34. The van der Waals surface area contributed by atoms with Gasteiger partial charge in [0.25, 0.3) is 5.91 Å². The van der Waals surface area contributed by atoms with Crippen molar-refractivity contribution in [1.29, 1.82) is 0 Å². The monoisotopic (exact) mass is 353 g/mol. The van der Waals surface area contributed by atoms with Gasteiger partial charge in [-0.1, -0.05) is 41.7 Å². The Hall–Kier alpha value is -1.93. The number of hydrogen-bond acceptors (Lipinski definition) is 5. The molecule has 0 saturated carbocycles. The molecule has 23 heavy (non-hydrogen) atoms. The van der Waals surface area contributed by atoms with Crippen molar-refractivity contribution in [1.82, 2.24) is 10.3 Å². The fraction of sp³-hybridized carbons (Fsp3) is 0.333. The van der Waals surface area contributed by atoms with Crippen LogP contribution >= 0.6 is 11.3 Å². The normalized spacial score (nSPS) is 12.7. The van der Waals surface area contributed by atoms with Crippen LogP contribution in [0.1, 0.15) is 33.9 Å². The van der Waals surface area contributed by atoms with Crippen molar-refractivity contribution < 1.29 is 13.2 Å². The first kappa shape index (κ1) is 17.4. The summed E-state index contributed by atoms with van der Waals surface area (Å²) in [5, 5.41) is 3.19. The van der Waals surface area contributed by atoms with E-state index >= 15 is 0 Å². The van der Waals surface area contributed by atoms with Crippen LogP contribution in [0.2, 0.25) is 0 Å². The second-order valence-electron chi connectivity index (χ2n) is 5.25. The summed E-state index contributed by atoms with van der Waals surface area (Å²) in [6.07, 6.45) is 1.10. The minimum atomic E-state index is -3.40. The van der Waals surface area contributed by atoms with Gasteiger partial charge in [-0.25, -0.2) is 17.7 Å². The minimum absolute atomic E-state index is 0.152. The first-order valence-electron chi connectivity index (χ1n) is 6.97. The van der Waals surface area contributed by atoms with Gasteiger partial charge in [-0.05, 0) is 19.4 Å². The van der Waals surface area contributed by atoms with Crippen LogP contribution in [-0.2, 0) is 10.0 Å². The van der Waals surface area contributed by atoms with E-state index in [1.807, 2.05) is 37.3 Å². The lowest BCUT2D eigenvalue weighted by Crippen LogP contribution is -2.26. The standard InChI is InChI=1S/C15H19N3O3S2/c1-10(12-8-6-5-7-9-12)16-14(19)13-11(2)17-15(22-13)18(3)23(4,20)21/h5-10H,1-4H3,(H,16,19). The summed E-state index contributed by atoms with van der Waals surface area (Å²) in [6.45, 7) is 3.59. The maximum Gasteiger partial charge on any atom is 0.263 e. The molecule has 0 aliphatic rings. The van der Waals surface area contributed by atoms with Crippen molar-refractivity contribution in [2.75, 3.05) is 17.6 Å². The number of anilines is 1. The third-order valence-electron chi connectivity index (χ3n) is 3.41. The lowest BCUT2D eigenvalue weighted by atomic mass is 10.1. The molecule has 124 valence electrons. The number of thiazole rings is 1. The smallest absolute Gasteiger partial charge is 0.263 e. The highest BCUT2D eigenvalue weighted by atomic mass is 32.2. The molecule has 0 spiro atoms. The average Bonchev–Trinajstić information content (AvgIpc) is 2.88. The highest BCUT2D eigenvalue weighted by molar-refractivity contribution is 7.92. The summed E-state index contributed by atoms with van der Waals surface area (Å²) in [5.41, 5.74) is 1.51. The summed E-state index contributed by atoms with van der Waals surface area (Å²) < 4.78 is 24.2. The Bertz CT molecular complexity index is 801. The molecule has 2 rings (SSSR count). The van der Waals surface area contributed by atoms with E-state index in [0.29, 0.717) is 10.6 Å². The van der Waals surface area contributed by atoms with Gasteiger partial charge in [0.05, 0.1) is 18.0 Å². The Morgan fingerprint density at radius 2 is 1.91 bits per heavy atom. The predicted molar refractivity (Wildman–Crippen MR) is 92.4 cm³/mol. The number of sulfonamides is 1. The van der Waals surface area contributed by atoms with Crippen LogP contribution < -0.4 is 9.62 Å². The van der Waals surface area contributed by atoms with E-state index < -0.39 is 10.0 Å². The van der Waals surface area contributed by atoms with E-state index in [9.17, 15) is 13.2 Å². The highest BCUT2D eigenvalue weighted by Gasteiger charge is 2.22. The van der Waals surface area contributed by atoms with Gasteiger partial charge in [0.15, 0.2) is 5.13 Å². The number of nitrogens with one attached hydrogen (secondary N) is 1. The molecule has 0 aliphatic carbocycles. The van der Waals surface area contributed by atoms with Gasteiger partial charge >= 0.3 is 0 Å². The summed E-state index contributed by atoms with van der Waals surface area (Å²) in [7, 11) is -1.98. The Kier molecular flexibility index (Phi) is 5.06. The molecule has 0 radical (unpaired) electrons. The van der Waals surface area contributed by atoms with E-state index in [1.54, 1.807) is 6.92 Å². The van der Waals surface area contributed by atoms with Crippen molar-refractivity contribution in [3.8, 4) is 0 Å². The van der Waals surface area contributed by atoms with E-state index in [2.05, 4.69) is 10.3 Å². The van der Waals surface area contributed by atoms with Gasteiger partial charge in [-0.15, -0.1) is 0 Å². The zero-order valence-corrected chi connectivity index (χ0v) is 15.0. The quantitative estimate of drug-likeness (QED) is 0.895. The third kappa shape index (κ3) is 4.08. The van der Waals surface area contributed by atoms with Crippen LogP contribution in [0.25, 0.3) is 0 Å². The Balaban J connectivity index is 2.19. The van der Waals surface area contributed by atoms with Crippen molar-refractivity contribution in [2.45, 2.75) is 19.9 Å². The van der Waals surface area contributed by atoms with Crippen LogP contribution in [0.5, 0.6) is 0 Å². The molecule has 2 aromatic rings. The second-order valence-corrected chi connectivity index (χ2v) is 8.24. The molecule has 1 amide bonds. The van der Waals surface area contributed by atoms with Gasteiger partial charge < -0.3 is 5.32 Å². The van der Waals surface area contributed by atoms with E-state index in [0.717, 1.165) is 27.5 Å². The van der Waals surface area contributed by atoms with Crippen molar-refractivity contribution in [3.05, 3.63) is 46.5 Å². The molecule has 1 unspecified atom stereocenters. The summed E-state index contributed by atoms with van der Waals surface area (Å²) >= 11 is 1.06. The summed E-state index contributed by atoms with van der Waals surface area (Å²) in [4.78, 5) is 17.0. The SMILES string of the molecule is Cc1nc(N(C)S(C)(=O)=O)sc1C(=O)NC(C)c1ccccc1. The molecule has 0 aliphatic heterocycles. The molecule has 1 aromatic carbocycles. The molecule has 0 fully saturated rings. The zero-order valence-electron chi connectivity index (χ0n) is 13.4. The number of nitrogens with zero attached hydrogens (tertiary/aromatic N) is 2. The first-order valence-corrected chi connectivity index (χ1v) is 9.63. The first-order chi connectivity index (χ1) is 10.7. The van der Waals surface area contributed by atoms with Crippen LogP contribution in [0.3, 0.4) is 0 Å². The maximum atomic E-state index is 12.4. The van der Waals surface area contributed by atoms with Gasteiger partial charge in [-0.2, -0.15) is 0 Å². The van der Waals surface area contributed by atoms with Gasteiger partial charge in [0.2, 0.25) is 10.0 Å². The Morgan fingerprint density at radius 3 is 2.48 bits per heavy atom. The van der Waals surface area contributed by atoms with Gasteiger partial charge in [0, 0.05) is 7.05 Å². The molecule has 1 aromatic heterocycles. The third-order valence-corrected chi connectivity index (χ3v) is 5.92. The van der Waals surface area contributed by atoms with Crippen molar-refractivity contribution in [2.24, 2.45) is 0 Å². The zero-order chi connectivity index (χ0) is 17.2. The molecule has 8 heteroatoms. The van der Waals surface area contributed by atoms with Gasteiger partial charge in [-0.3, -0.25) is 4.79 Å².